The third kappa shape index (κ3) is 4.16. The number of rotatable bonds is 6. The number of sulfonamides is 1. The molecule has 0 saturated carbocycles. The van der Waals surface area contributed by atoms with E-state index in [1.807, 2.05) is 0 Å². The van der Waals surface area contributed by atoms with Gasteiger partial charge >= 0.3 is 0 Å². The fourth-order valence-electron chi connectivity index (χ4n) is 3.34. The highest BCUT2D eigenvalue weighted by molar-refractivity contribution is 7.89. The molecule has 142 valence electrons. The molecule has 0 spiro atoms. The van der Waals surface area contributed by atoms with Crippen LogP contribution in [-0.2, 0) is 19.6 Å². The van der Waals surface area contributed by atoms with Crippen LogP contribution < -0.4 is 10.2 Å². The first kappa shape index (κ1) is 18.7. The number of phenols is 1. The zero-order chi connectivity index (χ0) is 18.7. The van der Waals surface area contributed by atoms with Gasteiger partial charge in [0.2, 0.25) is 21.8 Å². The third-order valence-corrected chi connectivity index (χ3v) is 6.63. The Balaban J connectivity index is 1.52. The molecule has 0 bridgehead atoms. The average Bonchev–Trinajstić information content (AvgIpc) is 3.24. The predicted octanol–water partition coefficient (Wildman–Crippen LogP) is 0.287. The summed E-state index contributed by atoms with van der Waals surface area (Å²) in [4.78, 5) is 25.9. The normalized spacial score (nSPS) is 21.3. The maximum absolute atomic E-state index is 12.3. The highest BCUT2D eigenvalue weighted by Gasteiger charge is 2.35. The van der Waals surface area contributed by atoms with Crippen LogP contribution in [0.15, 0.2) is 24.3 Å². The zero-order valence-corrected chi connectivity index (χ0v) is 15.2. The average molecular weight is 381 g/mol. The van der Waals surface area contributed by atoms with E-state index in [0.29, 0.717) is 18.8 Å². The number of phenolic OH excluding ortho intramolecular Hbond substituents is 1. The summed E-state index contributed by atoms with van der Waals surface area (Å²) >= 11 is 0. The maximum Gasteiger partial charge on any atom is 0.227 e. The molecule has 0 radical (unpaired) electrons. The maximum atomic E-state index is 12.3. The van der Waals surface area contributed by atoms with Crippen molar-refractivity contribution in [1.82, 2.24) is 9.62 Å². The molecule has 3 rings (SSSR count). The minimum Gasteiger partial charge on any atom is -0.508 e. The SMILES string of the molecule is O=C(NCCS(=O)(=O)N1CCCC1)C1CC(=O)N(c2cccc(O)c2)C1. The molecule has 0 aromatic heterocycles. The summed E-state index contributed by atoms with van der Waals surface area (Å²) in [5, 5.41) is 12.2. The van der Waals surface area contributed by atoms with Gasteiger partial charge in [-0.15, -0.1) is 0 Å². The molecule has 2 heterocycles. The van der Waals surface area contributed by atoms with Gasteiger partial charge in [0.25, 0.3) is 0 Å². The Labute approximate surface area is 152 Å². The molecular formula is C17H23N3O5S. The molecule has 2 amide bonds. The van der Waals surface area contributed by atoms with Crippen molar-refractivity contribution in [1.29, 1.82) is 0 Å². The lowest BCUT2D eigenvalue weighted by molar-refractivity contribution is -0.126. The molecule has 2 aliphatic rings. The number of aromatic hydroxyl groups is 1. The van der Waals surface area contributed by atoms with E-state index in [9.17, 15) is 23.1 Å². The molecule has 1 unspecified atom stereocenters. The Kier molecular flexibility index (Phi) is 5.47. The molecule has 1 aromatic carbocycles. The van der Waals surface area contributed by atoms with E-state index in [0.717, 1.165) is 12.8 Å². The van der Waals surface area contributed by atoms with E-state index in [2.05, 4.69) is 5.32 Å². The van der Waals surface area contributed by atoms with Gasteiger partial charge in [0.05, 0.1) is 11.7 Å². The minimum absolute atomic E-state index is 0.0362. The van der Waals surface area contributed by atoms with Crippen LogP contribution in [0.1, 0.15) is 19.3 Å². The van der Waals surface area contributed by atoms with Crippen LogP contribution >= 0.6 is 0 Å². The van der Waals surface area contributed by atoms with Gasteiger partial charge in [-0.2, -0.15) is 0 Å². The van der Waals surface area contributed by atoms with E-state index >= 15 is 0 Å². The van der Waals surface area contributed by atoms with Crippen LogP contribution in [0, 0.1) is 5.92 Å². The third-order valence-electron chi connectivity index (χ3n) is 4.75. The molecule has 8 nitrogen and oxygen atoms in total. The van der Waals surface area contributed by atoms with Crippen molar-refractivity contribution in [3.63, 3.8) is 0 Å². The van der Waals surface area contributed by atoms with E-state index in [4.69, 9.17) is 0 Å². The van der Waals surface area contributed by atoms with Crippen LogP contribution in [0.25, 0.3) is 0 Å². The van der Waals surface area contributed by atoms with Gasteiger partial charge in [-0.05, 0) is 25.0 Å². The van der Waals surface area contributed by atoms with Crippen LogP contribution in [0.5, 0.6) is 5.75 Å². The minimum atomic E-state index is -3.34. The summed E-state index contributed by atoms with van der Waals surface area (Å²) in [6.07, 6.45) is 1.82. The fourth-order valence-corrected chi connectivity index (χ4v) is 4.77. The number of carbonyl (C=O) groups excluding carboxylic acids is 2. The Bertz CT molecular complexity index is 789. The van der Waals surface area contributed by atoms with Gasteiger partial charge in [-0.1, -0.05) is 6.07 Å². The second-order valence-electron chi connectivity index (χ2n) is 6.64. The molecule has 9 heteroatoms. The summed E-state index contributed by atoms with van der Waals surface area (Å²) < 4.78 is 25.8. The van der Waals surface area contributed by atoms with Crippen molar-refractivity contribution in [2.45, 2.75) is 19.3 Å². The monoisotopic (exact) mass is 381 g/mol. The molecule has 2 fully saturated rings. The van der Waals surface area contributed by atoms with Crippen molar-refractivity contribution >= 4 is 27.5 Å². The summed E-state index contributed by atoms with van der Waals surface area (Å²) in [7, 11) is -3.34. The first-order valence-electron chi connectivity index (χ1n) is 8.72. The Morgan fingerprint density at radius 3 is 2.69 bits per heavy atom. The Morgan fingerprint density at radius 2 is 2.00 bits per heavy atom. The number of anilines is 1. The number of carbonyl (C=O) groups is 2. The Morgan fingerprint density at radius 1 is 1.27 bits per heavy atom. The summed E-state index contributed by atoms with van der Waals surface area (Å²) in [5.41, 5.74) is 0.543. The van der Waals surface area contributed by atoms with E-state index in [-0.39, 0.29) is 42.8 Å². The van der Waals surface area contributed by atoms with Crippen molar-refractivity contribution in [2.24, 2.45) is 5.92 Å². The molecular weight excluding hydrogens is 358 g/mol. The zero-order valence-electron chi connectivity index (χ0n) is 14.4. The lowest BCUT2D eigenvalue weighted by Gasteiger charge is -2.17. The van der Waals surface area contributed by atoms with Crippen LogP contribution in [-0.4, -0.2) is 61.6 Å². The molecule has 1 atom stereocenters. The fraction of sp³-hybridized carbons (Fsp3) is 0.529. The second kappa shape index (κ2) is 7.63. The van der Waals surface area contributed by atoms with E-state index in [1.165, 1.54) is 21.3 Å². The predicted molar refractivity (Wildman–Crippen MR) is 96.2 cm³/mol. The number of nitrogens with zero attached hydrogens (tertiary/aromatic N) is 2. The van der Waals surface area contributed by atoms with Gasteiger partial charge in [0, 0.05) is 44.4 Å². The first-order chi connectivity index (χ1) is 12.4. The van der Waals surface area contributed by atoms with E-state index in [1.54, 1.807) is 12.1 Å². The summed E-state index contributed by atoms with van der Waals surface area (Å²) in [6, 6.07) is 6.31. The molecule has 0 aliphatic carbocycles. The van der Waals surface area contributed by atoms with Crippen molar-refractivity contribution < 1.29 is 23.1 Å². The molecule has 26 heavy (non-hydrogen) atoms. The van der Waals surface area contributed by atoms with Gasteiger partial charge in [-0.3, -0.25) is 9.59 Å². The smallest absolute Gasteiger partial charge is 0.227 e. The highest BCUT2D eigenvalue weighted by Crippen LogP contribution is 2.27. The van der Waals surface area contributed by atoms with Crippen molar-refractivity contribution in [3.8, 4) is 5.75 Å². The van der Waals surface area contributed by atoms with Crippen LogP contribution in [0.4, 0.5) is 5.69 Å². The van der Waals surface area contributed by atoms with Gasteiger partial charge < -0.3 is 15.3 Å². The quantitative estimate of drug-likeness (QED) is 0.736. The lowest BCUT2D eigenvalue weighted by Crippen LogP contribution is -2.39. The van der Waals surface area contributed by atoms with Gasteiger partial charge in [0.15, 0.2) is 0 Å². The molecule has 2 saturated heterocycles. The molecule has 2 aliphatic heterocycles. The van der Waals surface area contributed by atoms with Crippen molar-refractivity contribution in [2.75, 3.05) is 36.8 Å². The molecule has 2 N–H and O–H groups in total. The Hall–Kier alpha value is -2.13. The summed E-state index contributed by atoms with van der Waals surface area (Å²) in [6.45, 7) is 1.35. The summed E-state index contributed by atoms with van der Waals surface area (Å²) in [5.74, 6) is -1.12. The second-order valence-corrected chi connectivity index (χ2v) is 8.73. The number of nitrogens with one attached hydrogen (secondary N) is 1. The highest BCUT2D eigenvalue weighted by atomic mass is 32.2. The standard InChI is InChI=1S/C17H23N3O5S/c21-15-5-3-4-14(11-15)20-12-13(10-16(20)22)17(23)18-6-9-26(24,25)19-7-1-2-8-19/h3-5,11,13,21H,1-2,6-10,12H2,(H,18,23). The van der Waals surface area contributed by atoms with Crippen LogP contribution in [0.2, 0.25) is 0 Å². The first-order valence-corrected chi connectivity index (χ1v) is 10.3. The van der Waals surface area contributed by atoms with Gasteiger partial charge in [0.1, 0.15) is 5.75 Å². The number of benzene rings is 1. The molecule has 1 aromatic rings. The topological polar surface area (TPSA) is 107 Å². The number of amides is 2. The number of hydrogen-bond acceptors (Lipinski definition) is 5. The largest absolute Gasteiger partial charge is 0.508 e. The van der Waals surface area contributed by atoms with Gasteiger partial charge in [-0.25, -0.2) is 12.7 Å². The van der Waals surface area contributed by atoms with E-state index < -0.39 is 15.9 Å². The van der Waals surface area contributed by atoms with Crippen LogP contribution in [0.3, 0.4) is 0 Å². The number of hydrogen-bond donors (Lipinski definition) is 2. The van der Waals surface area contributed by atoms with Crippen molar-refractivity contribution in [3.05, 3.63) is 24.3 Å². The lowest BCUT2D eigenvalue weighted by atomic mass is 10.1.